The molecule has 84 valence electrons. The van der Waals surface area contributed by atoms with Crippen LogP contribution < -0.4 is 11.1 Å². The first-order chi connectivity index (χ1) is 7.24. The summed E-state index contributed by atoms with van der Waals surface area (Å²) in [6, 6.07) is 0. The van der Waals surface area contributed by atoms with E-state index < -0.39 is 0 Å². The van der Waals surface area contributed by atoms with Crippen LogP contribution in [0.5, 0.6) is 0 Å². The molecule has 0 unspecified atom stereocenters. The number of aromatic nitrogens is 1. The van der Waals surface area contributed by atoms with Crippen molar-refractivity contribution in [3.05, 3.63) is 16.1 Å². The van der Waals surface area contributed by atoms with Crippen molar-refractivity contribution < 1.29 is 0 Å². The van der Waals surface area contributed by atoms with Crippen LogP contribution in [0.3, 0.4) is 0 Å². The van der Waals surface area contributed by atoms with Gasteiger partial charge in [0.15, 0.2) is 0 Å². The summed E-state index contributed by atoms with van der Waals surface area (Å²) in [5, 5.41) is 4.66. The van der Waals surface area contributed by atoms with E-state index in [9.17, 15) is 0 Å². The van der Waals surface area contributed by atoms with Crippen LogP contribution in [0.25, 0.3) is 0 Å². The highest BCUT2D eigenvalue weighted by Gasteiger charge is 2.34. The summed E-state index contributed by atoms with van der Waals surface area (Å²) in [4.78, 5) is 5.61. The second-order valence-electron chi connectivity index (χ2n) is 4.53. The monoisotopic (exact) mass is 225 g/mol. The maximum atomic E-state index is 5.80. The average Bonchev–Trinajstić information content (AvgIpc) is 2.56. The van der Waals surface area contributed by atoms with Gasteiger partial charge in [0, 0.05) is 24.2 Å². The molecule has 0 bridgehead atoms. The molecule has 1 fully saturated rings. The average molecular weight is 225 g/mol. The Hall–Kier alpha value is -0.450. The molecule has 0 radical (unpaired) electrons. The van der Waals surface area contributed by atoms with Gasteiger partial charge in [-0.1, -0.05) is 6.42 Å². The Morgan fingerprint density at radius 2 is 2.40 bits per heavy atom. The van der Waals surface area contributed by atoms with Gasteiger partial charge < -0.3 is 11.1 Å². The Labute approximate surface area is 95.1 Å². The van der Waals surface area contributed by atoms with Gasteiger partial charge in [0.25, 0.3) is 0 Å². The normalized spacial score (nSPS) is 18.8. The molecule has 4 heteroatoms. The highest BCUT2D eigenvalue weighted by atomic mass is 32.1. The number of hydrogen-bond donors (Lipinski definition) is 2. The molecule has 15 heavy (non-hydrogen) atoms. The molecule has 0 saturated heterocycles. The minimum atomic E-state index is 0.395. The van der Waals surface area contributed by atoms with E-state index in [0.29, 0.717) is 5.41 Å². The van der Waals surface area contributed by atoms with Gasteiger partial charge in [-0.05, 0) is 31.7 Å². The summed E-state index contributed by atoms with van der Waals surface area (Å²) in [6.45, 7) is 4.84. The lowest BCUT2D eigenvalue weighted by atomic mass is 9.69. The first-order valence-electron chi connectivity index (χ1n) is 5.56. The molecular weight excluding hydrogens is 206 g/mol. The van der Waals surface area contributed by atoms with Crippen LogP contribution in [0.2, 0.25) is 0 Å². The zero-order valence-corrected chi connectivity index (χ0v) is 10.1. The van der Waals surface area contributed by atoms with Gasteiger partial charge in [-0.15, -0.1) is 11.3 Å². The number of hydrogen-bond acceptors (Lipinski definition) is 4. The standard InChI is InChI=1S/C11H19N3S/c1-9-5-14-10(15-9)6-13-8-11(7-12)3-2-4-11/h5,13H,2-4,6-8,12H2,1H3. The van der Waals surface area contributed by atoms with Crippen molar-refractivity contribution >= 4 is 11.3 Å². The molecule has 0 spiro atoms. The van der Waals surface area contributed by atoms with Crippen LogP contribution >= 0.6 is 11.3 Å². The molecular formula is C11H19N3S. The SMILES string of the molecule is Cc1cnc(CNCC2(CN)CCC2)s1. The van der Waals surface area contributed by atoms with E-state index in [2.05, 4.69) is 17.2 Å². The zero-order valence-electron chi connectivity index (χ0n) is 9.25. The summed E-state index contributed by atoms with van der Waals surface area (Å²) >= 11 is 1.77. The predicted molar refractivity (Wildman–Crippen MR) is 63.9 cm³/mol. The first-order valence-corrected chi connectivity index (χ1v) is 6.38. The molecule has 1 aromatic heterocycles. The van der Waals surface area contributed by atoms with Crippen molar-refractivity contribution in [1.82, 2.24) is 10.3 Å². The number of nitrogens with one attached hydrogen (secondary N) is 1. The van der Waals surface area contributed by atoms with E-state index in [1.807, 2.05) is 6.20 Å². The van der Waals surface area contributed by atoms with E-state index in [4.69, 9.17) is 5.73 Å². The largest absolute Gasteiger partial charge is 0.330 e. The molecule has 1 heterocycles. The van der Waals surface area contributed by atoms with E-state index in [1.165, 1.54) is 29.1 Å². The van der Waals surface area contributed by atoms with Gasteiger partial charge in [0.1, 0.15) is 5.01 Å². The molecule has 0 atom stereocenters. The molecule has 2 rings (SSSR count). The van der Waals surface area contributed by atoms with Gasteiger partial charge in [-0.3, -0.25) is 0 Å². The van der Waals surface area contributed by atoms with Crippen molar-refractivity contribution in [2.45, 2.75) is 32.7 Å². The molecule has 1 aliphatic carbocycles. The Morgan fingerprint density at radius 1 is 1.60 bits per heavy atom. The number of nitrogens with two attached hydrogens (primary N) is 1. The van der Waals surface area contributed by atoms with E-state index >= 15 is 0 Å². The van der Waals surface area contributed by atoms with Crippen LogP contribution in [0, 0.1) is 12.3 Å². The Morgan fingerprint density at radius 3 is 2.87 bits per heavy atom. The van der Waals surface area contributed by atoms with Crippen LogP contribution in [-0.4, -0.2) is 18.1 Å². The molecule has 0 aliphatic heterocycles. The topological polar surface area (TPSA) is 50.9 Å². The molecule has 1 aromatic rings. The van der Waals surface area contributed by atoms with Crippen LogP contribution in [-0.2, 0) is 6.54 Å². The maximum Gasteiger partial charge on any atom is 0.107 e. The Balaban J connectivity index is 1.74. The van der Waals surface area contributed by atoms with E-state index in [1.54, 1.807) is 11.3 Å². The summed E-state index contributed by atoms with van der Waals surface area (Å²) in [7, 11) is 0. The van der Waals surface area contributed by atoms with Gasteiger partial charge in [0.05, 0.1) is 0 Å². The van der Waals surface area contributed by atoms with Crippen LogP contribution in [0.4, 0.5) is 0 Å². The van der Waals surface area contributed by atoms with Gasteiger partial charge >= 0.3 is 0 Å². The lowest BCUT2D eigenvalue weighted by Gasteiger charge is -2.41. The molecule has 1 saturated carbocycles. The third kappa shape index (κ3) is 2.56. The highest BCUT2D eigenvalue weighted by molar-refractivity contribution is 7.11. The minimum absolute atomic E-state index is 0.395. The van der Waals surface area contributed by atoms with Gasteiger partial charge in [0.2, 0.25) is 0 Å². The summed E-state index contributed by atoms with van der Waals surface area (Å²) in [5.74, 6) is 0. The summed E-state index contributed by atoms with van der Waals surface area (Å²) in [6.07, 6.45) is 5.85. The Bertz CT molecular complexity index is 312. The van der Waals surface area contributed by atoms with E-state index in [-0.39, 0.29) is 0 Å². The number of thiazole rings is 1. The zero-order chi connectivity index (χ0) is 10.7. The Kier molecular flexibility index (Phi) is 3.38. The predicted octanol–water partition coefficient (Wildman–Crippen LogP) is 1.67. The highest BCUT2D eigenvalue weighted by Crippen LogP contribution is 2.39. The first kappa shape index (κ1) is 11.0. The fourth-order valence-electron chi connectivity index (χ4n) is 2.05. The number of aryl methyl sites for hydroxylation is 1. The van der Waals surface area contributed by atoms with Crippen molar-refractivity contribution in [2.75, 3.05) is 13.1 Å². The molecule has 1 aliphatic rings. The summed E-state index contributed by atoms with van der Waals surface area (Å²) in [5.41, 5.74) is 6.19. The number of rotatable bonds is 5. The molecule has 0 amide bonds. The lowest BCUT2D eigenvalue weighted by molar-refractivity contribution is 0.141. The van der Waals surface area contributed by atoms with Gasteiger partial charge in [-0.25, -0.2) is 4.98 Å². The third-order valence-corrected chi connectivity index (χ3v) is 4.21. The van der Waals surface area contributed by atoms with E-state index in [0.717, 1.165) is 19.6 Å². The van der Waals surface area contributed by atoms with Crippen molar-refractivity contribution in [3.8, 4) is 0 Å². The van der Waals surface area contributed by atoms with Crippen LogP contribution in [0.1, 0.15) is 29.1 Å². The second kappa shape index (κ2) is 4.60. The quantitative estimate of drug-likeness (QED) is 0.801. The van der Waals surface area contributed by atoms with Crippen molar-refractivity contribution in [3.63, 3.8) is 0 Å². The smallest absolute Gasteiger partial charge is 0.107 e. The second-order valence-corrected chi connectivity index (χ2v) is 5.85. The van der Waals surface area contributed by atoms with Crippen LogP contribution in [0.15, 0.2) is 6.20 Å². The van der Waals surface area contributed by atoms with Crippen molar-refractivity contribution in [1.29, 1.82) is 0 Å². The lowest BCUT2D eigenvalue weighted by Crippen LogP contribution is -2.45. The van der Waals surface area contributed by atoms with Crippen molar-refractivity contribution in [2.24, 2.45) is 11.1 Å². The molecule has 3 N–H and O–H groups in total. The minimum Gasteiger partial charge on any atom is -0.330 e. The number of nitrogens with zero attached hydrogens (tertiary/aromatic N) is 1. The summed E-state index contributed by atoms with van der Waals surface area (Å²) < 4.78 is 0. The maximum absolute atomic E-state index is 5.80. The molecule has 3 nitrogen and oxygen atoms in total. The molecule has 0 aromatic carbocycles. The fraction of sp³-hybridized carbons (Fsp3) is 0.727. The third-order valence-electron chi connectivity index (χ3n) is 3.29. The van der Waals surface area contributed by atoms with Gasteiger partial charge in [-0.2, -0.15) is 0 Å². The fourth-order valence-corrected chi connectivity index (χ4v) is 2.80.